The summed E-state index contributed by atoms with van der Waals surface area (Å²) in [5.41, 5.74) is 5.51. The zero-order valence-corrected chi connectivity index (χ0v) is 42.4. The predicted octanol–water partition coefficient (Wildman–Crippen LogP) is 16.9. The van der Waals surface area contributed by atoms with Crippen molar-refractivity contribution in [3.63, 3.8) is 0 Å². The van der Waals surface area contributed by atoms with Gasteiger partial charge in [-0.25, -0.2) is 4.79 Å². The Kier molecular flexibility index (Phi) is 49.6. The second kappa shape index (κ2) is 51.6. The Bertz CT molecular complexity index is 1100. The Hall–Kier alpha value is -2.41. The third-order valence-corrected chi connectivity index (χ3v) is 12.7. The predicted molar refractivity (Wildman–Crippen MR) is 276 cm³/mol. The molecule has 0 aromatic heterocycles. The van der Waals surface area contributed by atoms with Crippen LogP contribution in [0.1, 0.15) is 290 Å². The van der Waals surface area contributed by atoms with E-state index in [0.29, 0.717) is 32.2 Å². The lowest BCUT2D eigenvalue weighted by Crippen LogP contribution is -2.40. The third-order valence-electron chi connectivity index (χ3n) is 12.7. The molecule has 0 aromatic rings. The fourth-order valence-electron chi connectivity index (χ4n) is 8.48. The molecule has 0 aliphatic heterocycles. The zero-order valence-electron chi connectivity index (χ0n) is 42.4. The Morgan fingerprint density at radius 1 is 0.453 bits per heavy atom. The van der Waals surface area contributed by atoms with Crippen molar-refractivity contribution >= 4 is 17.8 Å². The van der Waals surface area contributed by atoms with E-state index < -0.39 is 12.0 Å². The van der Waals surface area contributed by atoms with E-state index in [4.69, 9.17) is 10.5 Å². The number of allylic oxidation sites excluding steroid dienone is 6. The van der Waals surface area contributed by atoms with Crippen molar-refractivity contribution in [3.8, 4) is 0 Å². The lowest BCUT2D eigenvalue weighted by molar-refractivity contribution is -0.150. The van der Waals surface area contributed by atoms with E-state index in [9.17, 15) is 19.5 Å². The minimum atomic E-state index is -1.00. The number of aliphatic carboxylic acids is 1. The number of esters is 1. The van der Waals surface area contributed by atoms with Crippen molar-refractivity contribution in [2.75, 3.05) is 6.54 Å². The normalized spacial score (nSPS) is 12.8. The molecule has 0 bridgehead atoms. The lowest BCUT2D eigenvalue weighted by atomic mass is 10.0. The van der Waals surface area contributed by atoms with Crippen LogP contribution in [0, 0.1) is 0 Å². The molecular formula is C57H106N2O5. The molecule has 2 atom stereocenters. The van der Waals surface area contributed by atoms with Crippen LogP contribution in [0.15, 0.2) is 36.5 Å². The molecule has 7 heteroatoms. The molecule has 0 saturated carbocycles. The number of nitrogens with two attached hydrogens (primary N) is 1. The van der Waals surface area contributed by atoms with Gasteiger partial charge in [-0.1, -0.05) is 204 Å². The van der Waals surface area contributed by atoms with Crippen molar-refractivity contribution in [1.82, 2.24) is 5.32 Å². The maximum atomic E-state index is 12.9. The van der Waals surface area contributed by atoms with E-state index in [0.717, 1.165) is 77.0 Å². The standard InChI is InChI=1S/C57H106N2O5/c1-3-5-7-9-11-13-15-17-19-20-21-22-23-24-25-26-28-30-32-34-36-41-45-51-56(61)64-53(47-42-38-35-33-31-29-27-18-16-14-12-10-8-6-4-2)48-43-39-37-40-44-50-55(60)59-54(57(62)63)49-46-52-58/h15,17,20-21,29,31,53-54H,3-14,16,18-19,22-28,30,32-52,58H2,1-2H3,(H,59,60)(H,62,63)/b17-15-,21-20-,31-29-. The highest BCUT2D eigenvalue weighted by molar-refractivity contribution is 5.83. The van der Waals surface area contributed by atoms with E-state index in [-0.39, 0.29) is 18.0 Å². The molecule has 0 aromatic carbocycles. The number of hydrogen-bond donors (Lipinski definition) is 3. The number of unbranched alkanes of at least 4 members (excludes halogenated alkanes) is 31. The molecule has 374 valence electrons. The third kappa shape index (κ3) is 47.5. The zero-order chi connectivity index (χ0) is 46.7. The number of carboxylic acids is 1. The van der Waals surface area contributed by atoms with Crippen molar-refractivity contribution < 1.29 is 24.2 Å². The smallest absolute Gasteiger partial charge is 0.326 e. The van der Waals surface area contributed by atoms with Gasteiger partial charge in [0, 0.05) is 12.8 Å². The van der Waals surface area contributed by atoms with E-state index in [1.54, 1.807) is 0 Å². The molecule has 0 aliphatic rings. The first-order chi connectivity index (χ1) is 31.4. The molecular weight excluding hydrogens is 793 g/mol. The topological polar surface area (TPSA) is 119 Å². The highest BCUT2D eigenvalue weighted by Crippen LogP contribution is 2.19. The molecule has 64 heavy (non-hydrogen) atoms. The largest absolute Gasteiger partial charge is 0.480 e. The molecule has 7 nitrogen and oxygen atoms in total. The molecule has 1 amide bonds. The second-order valence-electron chi connectivity index (χ2n) is 19.0. The van der Waals surface area contributed by atoms with E-state index in [2.05, 4.69) is 55.6 Å². The SMILES string of the molecule is CCCCCCC/C=C\C/C=C\CCCCCCCCCCCCCC(=O)OC(CCCCC/C=C\CCCCCCCCCC)CCCCCCCC(=O)NC(CCCN)C(=O)O. The fraction of sp³-hybridized carbons (Fsp3) is 0.842. The Morgan fingerprint density at radius 3 is 1.23 bits per heavy atom. The number of ether oxygens (including phenoxy) is 1. The van der Waals surface area contributed by atoms with Crippen LogP contribution < -0.4 is 11.1 Å². The number of rotatable bonds is 51. The first kappa shape index (κ1) is 61.6. The van der Waals surface area contributed by atoms with Crippen LogP contribution in [-0.4, -0.2) is 41.6 Å². The summed E-state index contributed by atoms with van der Waals surface area (Å²) < 4.78 is 6.09. The van der Waals surface area contributed by atoms with Crippen LogP contribution >= 0.6 is 0 Å². The number of carboxylic acid groups (broad SMARTS) is 1. The molecule has 4 N–H and O–H groups in total. The maximum Gasteiger partial charge on any atom is 0.326 e. The monoisotopic (exact) mass is 899 g/mol. The molecule has 0 aliphatic carbocycles. The molecule has 0 spiro atoms. The number of amides is 1. The summed E-state index contributed by atoms with van der Waals surface area (Å²) in [6, 6.07) is -0.859. The van der Waals surface area contributed by atoms with Gasteiger partial charge >= 0.3 is 11.9 Å². The molecule has 0 fully saturated rings. The molecule has 0 heterocycles. The highest BCUT2D eigenvalue weighted by atomic mass is 16.5. The summed E-state index contributed by atoms with van der Waals surface area (Å²) in [7, 11) is 0. The van der Waals surface area contributed by atoms with E-state index in [1.165, 1.54) is 173 Å². The van der Waals surface area contributed by atoms with E-state index in [1.807, 2.05) is 0 Å². The lowest BCUT2D eigenvalue weighted by Gasteiger charge is -2.18. The quantitative estimate of drug-likeness (QED) is 0.0318. The van der Waals surface area contributed by atoms with Crippen LogP contribution in [0.3, 0.4) is 0 Å². The minimum absolute atomic E-state index is 0.00399. The van der Waals surface area contributed by atoms with Crippen LogP contribution in [-0.2, 0) is 19.1 Å². The van der Waals surface area contributed by atoms with Gasteiger partial charge in [0.25, 0.3) is 0 Å². The number of nitrogens with one attached hydrogen (secondary N) is 1. The first-order valence-corrected chi connectivity index (χ1v) is 27.8. The van der Waals surface area contributed by atoms with Gasteiger partial charge in [0.2, 0.25) is 5.91 Å². The van der Waals surface area contributed by atoms with Gasteiger partial charge in [0.15, 0.2) is 0 Å². The van der Waals surface area contributed by atoms with Crippen molar-refractivity contribution in [2.24, 2.45) is 5.73 Å². The van der Waals surface area contributed by atoms with Gasteiger partial charge in [0.05, 0.1) is 0 Å². The van der Waals surface area contributed by atoms with Crippen LogP contribution in [0.4, 0.5) is 0 Å². The van der Waals surface area contributed by atoms with Crippen molar-refractivity contribution in [1.29, 1.82) is 0 Å². The highest BCUT2D eigenvalue weighted by Gasteiger charge is 2.19. The number of hydrogen-bond acceptors (Lipinski definition) is 5. The van der Waals surface area contributed by atoms with Gasteiger partial charge in [-0.15, -0.1) is 0 Å². The summed E-state index contributed by atoms with van der Waals surface area (Å²) in [6.45, 7) is 4.96. The minimum Gasteiger partial charge on any atom is -0.480 e. The average molecular weight is 899 g/mol. The molecule has 2 unspecified atom stereocenters. The van der Waals surface area contributed by atoms with Gasteiger partial charge < -0.3 is 20.9 Å². The van der Waals surface area contributed by atoms with Gasteiger partial charge in [-0.2, -0.15) is 0 Å². The van der Waals surface area contributed by atoms with Crippen LogP contribution in [0.5, 0.6) is 0 Å². The van der Waals surface area contributed by atoms with Gasteiger partial charge in [-0.3, -0.25) is 9.59 Å². The number of carbonyl (C=O) groups excluding carboxylic acids is 2. The second-order valence-corrected chi connectivity index (χ2v) is 19.0. The maximum absolute atomic E-state index is 12.9. The van der Waals surface area contributed by atoms with Gasteiger partial charge in [-0.05, 0) is 116 Å². The fourth-order valence-corrected chi connectivity index (χ4v) is 8.48. The average Bonchev–Trinajstić information content (AvgIpc) is 3.28. The molecule has 0 saturated heterocycles. The van der Waals surface area contributed by atoms with Gasteiger partial charge in [0.1, 0.15) is 12.1 Å². The van der Waals surface area contributed by atoms with Crippen molar-refractivity contribution in [2.45, 2.75) is 302 Å². The Balaban J connectivity index is 4.24. The Morgan fingerprint density at radius 2 is 0.812 bits per heavy atom. The summed E-state index contributed by atoms with van der Waals surface area (Å²) >= 11 is 0. The van der Waals surface area contributed by atoms with Crippen molar-refractivity contribution in [3.05, 3.63) is 36.5 Å². The summed E-state index contributed by atoms with van der Waals surface area (Å²) in [5, 5.41) is 12.0. The number of carbonyl (C=O) groups is 3. The van der Waals surface area contributed by atoms with Crippen LogP contribution in [0.2, 0.25) is 0 Å². The van der Waals surface area contributed by atoms with Crippen LogP contribution in [0.25, 0.3) is 0 Å². The van der Waals surface area contributed by atoms with E-state index >= 15 is 0 Å². The Labute approximate surface area is 396 Å². The molecule has 0 radical (unpaired) electrons. The summed E-state index contributed by atoms with van der Waals surface area (Å²) in [6.07, 6.45) is 63.6. The first-order valence-electron chi connectivity index (χ1n) is 27.8. The summed E-state index contributed by atoms with van der Waals surface area (Å²) in [5.74, 6) is -1.23. The molecule has 0 rings (SSSR count). The summed E-state index contributed by atoms with van der Waals surface area (Å²) in [4.78, 5) is 36.6.